The van der Waals surface area contributed by atoms with Crippen LogP contribution in [0, 0.1) is 6.92 Å². The lowest BCUT2D eigenvalue weighted by molar-refractivity contribution is 0.155. The van der Waals surface area contributed by atoms with Gasteiger partial charge < -0.3 is 5.11 Å². The molecule has 0 spiro atoms. The summed E-state index contributed by atoms with van der Waals surface area (Å²) in [5.41, 5.74) is 1.98. The number of hydrogen-bond donors (Lipinski definition) is 1. The lowest BCUT2D eigenvalue weighted by Gasteiger charge is -2.11. The summed E-state index contributed by atoms with van der Waals surface area (Å²) in [5, 5.41) is 10.2. The highest BCUT2D eigenvalue weighted by molar-refractivity contribution is 5.23. The van der Waals surface area contributed by atoms with Crippen molar-refractivity contribution in [2.75, 3.05) is 0 Å². The molecule has 1 saturated carbocycles. The SMILES string of the molecule is Cc1ccc(C(O)Cn2ccn(C3CC3)c2=O)cc1. The molecular formula is C15H18N2O2. The van der Waals surface area contributed by atoms with Gasteiger partial charge in [0.1, 0.15) is 0 Å². The molecule has 1 aromatic carbocycles. The number of aliphatic hydroxyl groups is 1. The van der Waals surface area contributed by atoms with Crippen molar-refractivity contribution in [2.45, 2.75) is 38.5 Å². The molecule has 100 valence electrons. The largest absolute Gasteiger partial charge is 0.387 e. The first-order chi connectivity index (χ1) is 9.15. The number of hydrogen-bond acceptors (Lipinski definition) is 2. The minimum absolute atomic E-state index is 0.0198. The lowest BCUT2D eigenvalue weighted by Crippen LogP contribution is -2.25. The molecule has 0 aliphatic heterocycles. The van der Waals surface area contributed by atoms with Crippen LogP contribution in [0.25, 0.3) is 0 Å². The van der Waals surface area contributed by atoms with E-state index >= 15 is 0 Å². The van der Waals surface area contributed by atoms with E-state index < -0.39 is 6.10 Å². The predicted octanol–water partition coefficient (Wildman–Crippen LogP) is 2.03. The number of aliphatic hydroxyl groups excluding tert-OH is 1. The molecule has 1 heterocycles. The van der Waals surface area contributed by atoms with Gasteiger partial charge in [-0.3, -0.25) is 9.13 Å². The van der Waals surface area contributed by atoms with Crippen molar-refractivity contribution in [3.8, 4) is 0 Å². The number of nitrogens with zero attached hydrogens (tertiary/aromatic N) is 2. The highest BCUT2D eigenvalue weighted by atomic mass is 16.3. The Morgan fingerprint density at radius 2 is 1.95 bits per heavy atom. The summed E-state index contributed by atoms with van der Waals surface area (Å²) in [6.45, 7) is 2.32. The van der Waals surface area contributed by atoms with E-state index in [0.717, 1.165) is 24.0 Å². The van der Waals surface area contributed by atoms with Gasteiger partial charge in [0.15, 0.2) is 0 Å². The Kier molecular flexibility index (Phi) is 3.03. The molecule has 1 aliphatic rings. The fourth-order valence-corrected chi connectivity index (χ4v) is 2.28. The average molecular weight is 258 g/mol. The van der Waals surface area contributed by atoms with Gasteiger partial charge in [0.05, 0.1) is 12.6 Å². The van der Waals surface area contributed by atoms with E-state index in [1.807, 2.05) is 37.4 Å². The fraction of sp³-hybridized carbons (Fsp3) is 0.400. The molecule has 0 radical (unpaired) electrons. The fourth-order valence-electron chi connectivity index (χ4n) is 2.28. The number of aromatic nitrogens is 2. The summed E-state index contributed by atoms with van der Waals surface area (Å²) in [6, 6.07) is 8.13. The van der Waals surface area contributed by atoms with E-state index in [-0.39, 0.29) is 5.69 Å². The first-order valence-corrected chi connectivity index (χ1v) is 6.67. The molecule has 1 fully saturated rings. The molecule has 19 heavy (non-hydrogen) atoms. The van der Waals surface area contributed by atoms with E-state index in [2.05, 4.69) is 0 Å². The standard InChI is InChI=1S/C15H18N2O2/c1-11-2-4-12(5-3-11)14(18)10-16-8-9-17(15(16)19)13-6-7-13/h2-5,8-9,13-14,18H,6-7,10H2,1H3. The topological polar surface area (TPSA) is 47.2 Å². The van der Waals surface area contributed by atoms with Crippen LogP contribution >= 0.6 is 0 Å². The smallest absolute Gasteiger partial charge is 0.328 e. The van der Waals surface area contributed by atoms with E-state index in [1.54, 1.807) is 15.3 Å². The number of rotatable bonds is 4. The van der Waals surface area contributed by atoms with Crippen LogP contribution in [-0.2, 0) is 6.54 Å². The first-order valence-electron chi connectivity index (χ1n) is 6.67. The molecule has 0 bridgehead atoms. The lowest BCUT2D eigenvalue weighted by atomic mass is 10.1. The third kappa shape index (κ3) is 2.49. The second kappa shape index (κ2) is 4.70. The van der Waals surface area contributed by atoms with Crippen LogP contribution in [0.15, 0.2) is 41.5 Å². The molecule has 0 amide bonds. The molecule has 1 atom stereocenters. The van der Waals surface area contributed by atoms with Gasteiger partial charge in [0.2, 0.25) is 0 Å². The number of aryl methyl sites for hydroxylation is 1. The van der Waals surface area contributed by atoms with Gasteiger partial charge in [-0.2, -0.15) is 0 Å². The molecular weight excluding hydrogens is 240 g/mol. The maximum atomic E-state index is 12.1. The second-order valence-electron chi connectivity index (χ2n) is 5.30. The van der Waals surface area contributed by atoms with Gasteiger partial charge in [0.25, 0.3) is 0 Å². The predicted molar refractivity (Wildman–Crippen MR) is 73.1 cm³/mol. The molecule has 0 saturated heterocycles. The zero-order valence-electron chi connectivity index (χ0n) is 11.0. The number of imidazole rings is 1. The van der Waals surface area contributed by atoms with Crippen LogP contribution < -0.4 is 5.69 Å². The van der Waals surface area contributed by atoms with Crippen molar-refractivity contribution in [3.63, 3.8) is 0 Å². The molecule has 2 aromatic rings. The summed E-state index contributed by atoms with van der Waals surface area (Å²) in [4.78, 5) is 12.1. The van der Waals surface area contributed by atoms with Gasteiger partial charge >= 0.3 is 5.69 Å². The molecule has 1 N–H and O–H groups in total. The van der Waals surface area contributed by atoms with Gasteiger partial charge in [-0.05, 0) is 25.3 Å². The maximum absolute atomic E-state index is 12.1. The van der Waals surface area contributed by atoms with Gasteiger partial charge in [-0.15, -0.1) is 0 Å². The summed E-state index contributed by atoms with van der Waals surface area (Å²) >= 11 is 0. The van der Waals surface area contributed by atoms with Crippen LogP contribution in [0.3, 0.4) is 0 Å². The third-order valence-electron chi connectivity index (χ3n) is 3.65. The Hall–Kier alpha value is -1.81. The minimum Gasteiger partial charge on any atom is -0.387 e. The van der Waals surface area contributed by atoms with Crippen molar-refractivity contribution in [3.05, 3.63) is 58.3 Å². The highest BCUT2D eigenvalue weighted by Gasteiger charge is 2.25. The zero-order chi connectivity index (χ0) is 13.4. The van der Waals surface area contributed by atoms with E-state index in [1.165, 1.54) is 0 Å². The Morgan fingerprint density at radius 1 is 1.26 bits per heavy atom. The highest BCUT2D eigenvalue weighted by Crippen LogP contribution is 2.33. The van der Waals surface area contributed by atoms with Crippen LogP contribution in [0.1, 0.15) is 36.1 Å². The maximum Gasteiger partial charge on any atom is 0.328 e. The molecule has 1 aliphatic carbocycles. The van der Waals surface area contributed by atoms with Crippen LogP contribution in [0.5, 0.6) is 0 Å². The third-order valence-corrected chi connectivity index (χ3v) is 3.65. The average Bonchev–Trinajstić information content (AvgIpc) is 3.17. The van der Waals surface area contributed by atoms with Crippen LogP contribution in [0.2, 0.25) is 0 Å². The zero-order valence-corrected chi connectivity index (χ0v) is 11.0. The molecule has 3 rings (SSSR count). The van der Waals surface area contributed by atoms with Crippen molar-refractivity contribution in [2.24, 2.45) is 0 Å². The van der Waals surface area contributed by atoms with Crippen molar-refractivity contribution >= 4 is 0 Å². The second-order valence-corrected chi connectivity index (χ2v) is 5.30. The first kappa shape index (κ1) is 12.2. The van der Waals surface area contributed by atoms with E-state index in [4.69, 9.17) is 0 Å². The van der Waals surface area contributed by atoms with Gasteiger partial charge in [0, 0.05) is 18.4 Å². The number of benzene rings is 1. The Bertz CT molecular complexity index is 620. The van der Waals surface area contributed by atoms with Gasteiger partial charge in [-0.25, -0.2) is 4.79 Å². The van der Waals surface area contributed by atoms with Crippen LogP contribution in [-0.4, -0.2) is 14.2 Å². The molecule has 4 heteroatoms. The monoisotopic (exact) mass is 258 g/mol. The van der Waals surface area contributed by atoms with Crippen LogP contribution in [0.4, 0.5) is 0 Å². The summed E-state index contributed by atoms with van der Waals surface area (Å²) in [6.07, 6.45) is 5.11. The normalized spacial score (nSPS) is 16.5. The Morgan fingerprint density at radius 3 is 2.58 bits per heavy atom. The summed E-state index contributed by atoms with van der Waals surface area (Å²) in [5.74, 6) is 0. The minimum atomic E-state index is -0.645. The molecule has 1 unspecified atom stereocenters. The van der Waals surface area contributed by atoms with Crippen molar-refractivity contribution in [1.82, 2.24) is 9.13 Å². The molecule has 1 aromatic heterocycles. The molecule has 4 nitrogen and oxygen atoms in total. The Labute approximate surface area is 111 Å². The summed E-state index contributed by atoms with van der Waals surface area (Å²) < 4.78 is 3.35. The van der Waals surface area contributed by atoms with Crippen molar-refractivity contribution < 1.29 is 5.11 Å². The summed E-state index contributed by atoms with van der Waals surface area (Å²) in [7, 11) is 0. The quantitative estimate of drug-likeness (QED) is 0.912. The van der Waals surface area contributed by atoms with E-state index in [0.29, 0.717) is 12.6 Å². The Balaban J connectivity index is 1.77. The van der Waals surface area contributed by atoms with E-state index in [9.17, 15) is 9.90 Å². The van der Waals surface area contributed by atoms with Crippen molar-refractivity contribution in [1.29, 1.82) is 0 Å². The van der Waals surface area contributed by atoms with Gasteiger partial charge in [-0.1, -0.05) is 29.8 Å².